The van der Waals surface area contributed by atoms with E-state index < -0.39 is 11.7 Å². The molecule has 2 N–H and O–H groups in total. The van der Waals surface area contributed by atoms with Crippen molar-refractivity contribution in [2.45, 2.75) is 13.8 Å². The molecule has 1 rings (SSSR count). The molecule has 0 spiro atoms. The summed E-state index contributed by atoms with van der Waals surface area (Å²) in [6.07, 6.45) is 0. The van der Waals surface area contributed by atoms with Gasteiger partial charge in [-0.1, -0.05) is 13.8 Å². The molecule has 0 bridgehead atoms. The summed E-state index contributed by atoms with van der Waals surface area (Å²) in [5.74, 6) is -1.07. The second-order valence-corrected chi connectivity index (χ2v) is 4.91. The summed E-state index contributed by atoms with van der Waals surface area (Å²) in [6, 6.07) is 3.42. The zero-order valence-electron chi connectivity index (χ0n) is 9.76. The first kappa shape index (κ1) is 13.8. The molecule has 0 saturated carbocycles. The minimum absolute atomic E-state index is 0.0897. The van der Waals surface area contributed by atoms with Crippen molar-refractivity contribution >= 4 is 17.5 Å². The normalized spacial score (nSPS) is 11.3. The third-order valence-corrected chi connectivity index (χ3v) is 3.01. The Hall–Kier alpha value is -1.29. The van der Waals surface area contributed by atoms with Gasteiger partial charge >= 0.3 is 0 Å². The topological polar surface area (TPSA) is 49.3 Å². The predicted molar refractivity (Wildman–Crippen MR) is 64.9 cm³/mol. The smallest absolute Gasteiger partial charge is 0.254 e. The van der Waals surface area contributed by atoms with Crippen LogP contribution in [0, 0.1) is 11.2 Å². The van der Waals surface area contributed by atoms with Crippen LogP contribution in [0.3, 0.4) is 0 Å². The second-order valence-electron chi connectivity index (χ2n) is 4.64. The number of phenols is 1. The molecule has 0 heterocycles. The maximum absolute atomic E-state index is 13.4. The van der Waals surface area contributed by atoms with E-state index in [1.807, 2.05) is 13.8 Å². The molecule has 5 heteroatoms. The number of hydrogen-bond acceptors (Lipinski definition) is 2. The number of alkyl halides is 1. The Bertz CT molecular complexity index is 421. The fraction of sp³-hybridized carbons (Fsp3) is 0.417. The van der Waals surface area contributed by atoms with Crippen molar-refractivity contribution in [3.63, 3.8) is 0 Å². The predicted octanol–water partition coefficient (Wildman–Crippen LogP) is 2.53. The standard InChI is InChI=1S/C12H15ClFNO2/c1-12(2,6-13)7-15-11(17)9-4-3-8(16)5-10(9)14/h3-5,16H,6-7H2,1-2H3,(H,15,17). The molecule has 1 aromatic rings. The number of nitrogens with one attached hydrogen (secondary N) is 1. The molecule has 0 unspecified atom stereocenters. The van der Waals surface area contributed by atoms with E-state index in [0.717, 1.165) is 6.07 Å². The number of amides is 1. The summed E-state index contributed by atoms with van der Waals surface area (Å²) in [5.41, 5.74) is -0.335. The molecule has 0 aromatic heterocycles. The molecule has 1 amide bonds. The molecule has 3 nitrogen and oxygen atoms in total. The Kier molecular flexibility index (Phi) is 4.34. The third kappa shape index (κ3) is 3.89. The summed E-state index contributed by atoms with van der Waals surface area (Å²) < 4.78 is 13.4. The molecule has 0 aliphatic carbocycles. The molecule has 17 heavy (non-hydrogen) atoms. The van der Waals surface area contributed by atoms with Crippen LogP contribution in [-0.4, -0.2) is 23.4 Å². The molecular formula is C12H15ClFNO2. The van der Waals surface area contributed by atoms with Gasteiger partial charge in [-0.3, -0.25) is 4.79 Å². The minimum Gasteiger partial charge on any atom is -0.508 e. The van der Waals surface area contributed by atoms with Crippen LogP contribution in [0.1, 0.15) is 24.2 Å². The summed E-state index contributed by atoms with van der Waals surface area (Å²) in [4.78, 5) is 11.7. The van der Waals surface area contributed by atoms with E-state index in [1.165, 1.54) is 12.1 Å². The van der Waals surface area contributed by atoms with Crippen LogP contribution < -0.4 is 5.32 Å². The van der Waals surface area contributed by atoms with E-state index >= 15 is 0 Å². The van der Waals surface area contributed by atoms with Gasteiger partial charge in [0.15, 0.2) is 0 Å². The Morgan fingerprint density at radius 1 is 1.53 bits per heavy atom. The first-order valence-corrected chi connectivity index (χ1v) is 5.72. The van der Waals surface area contributed by atoms with Crippen molar-refractivity contribution in [3.8, 4) is 5.75 Å². The number of halogens is 2. The number of carbonyl (C=O) groups is 1. The quantitative estimate of drug-likeness (QED) is 0.817. The Labute approximate surface area is 105 Å². The van der Waals surface area contributed by atoms with Gasteiger partial charge in [0.2, 0.25) is 0 Å². The van der Waals surface area contributed by atoms with Crippen LogP contribution in [0.15, 0.2) is 18.2 Å². The number of hydrogen-bond donors (Lipinski definition) is 2. The number of rotatable bonds is 4. The Morgan fingerprint density at radius 3 is 2.71 bits per heavy atom. The Morgan fingerprint density at radius 2 is 2.18 bits per heavy atom. The monoisotopic (exact) mass is 259 g/mol. The van der Waals surface area contributed by atoms with Gasteiger partial charge in [-0.2, -0.15) is 0 Å². The largest absolute Gasteiger partial charge is 0.508 e. The molecule has 0 atom stereocenters. The molecule has 0 saturated heterocycles. The van der Waals surface area contributed by atoms with Crippen LogP contribution in [0.5, 0.6) is 5.75 Å². The van der Waals surface area contributed by atoms with E-state index in [9.17, 15) is 9.18 Å². The lowest BCUT2D eigenvalue weighted by molar-refractivity contribution is 0.0936. The first-order chi connectivity index (χ1) is 7.85. The Balaban J connectivity index is 2.71. The van der Waals surface area contributed by atoms with Crippen LogP contribution >= 0.6 is 11.6 Å². The molecular weight excluding hydrogens is 245 g/mol. The van der Waals surface area contributed by atoms with Crippen molar-refractivity contribution in [3.05, 3.63) is 29.6 Å². The summed E-state index contributed by atoms with van der Waals surface area (Å²) in [5, 5.41) is 11.6. The lowest BCUT2D eigenvalue weighted by Gasteiger charge is -2.21. The lowest BCUT2D eigenvalue weighted by Crippen LogP contribution is -2.35. The van der Waals surface area contributed by atoms with Gasteiger partial charge in [0.25, 0.3) is 5.91 Å². The molecule has 0 fully saturated rings. The van der Waals surface area contributed by atoms with Crippen LogP contribution in [0.4, 0.5) is 4.39 Å². The number of phenolic OH excluding ortho intramolecular Hbond substituents is 1. The van der Waals surface area contributed by atoms with E-state index in [1.54, 1.807) is 0 Å². The summed E-state index contributed by atoms with van der Waals surface area (Å²) in [7, 11) is 0. The van der Waals surface area contributed by atoms with Crippen molar-refractivity contribution in [1.82, 2.24) is 5.32 Å². The summed E-state index contributed by atoms with van der Waals surface area (Å²) in [6.45, 7) is 4.15. The molecule has 94 valence electrons. The maximum atomic E-state index is 13.4. The SMILES string of the molecule is CC(C)(CCl)CNC(=O)c1ccc(O)cc1F. The highest BCUT2D eigenvalue weighted by Gasteiger charge is 2.19. The van der Waals surface area contributed by atoms with Gasteiger partial charge in [-0.25, -0.2) is 4.39 Å². The average Bonchev–Trinajstić information content (AvgIpc) is 2.26. The van der Waals surface area contributed by atoms with Gasteiger partial charge in [-0.15, -0.1) is 11.6 Å². The van der Waals surface area contributed by atoms with Crippen molar-refractivity contribution in [2.24, 2.45) is 5.41 Å². The average molecular weight is 260 g/mol. The van der Waals surface area contributed by atoms with Gasteiger partial charge in [0.05, 0.1) is 5.56 Å². The second kappa shape index (κ2) is 5.36. The molecule has 0 aliphatic rings. The fourth-order valence-electron chi connectivity index (χ4n) is 1.15. The van der Waals surface area contributed by atoms with Gasteiger partial charge in [-0.05, 0) is 17.5 Å². The summed E-state index contributed by atoms with van der Waals surface area (Å²) >= 11 is 5.72. The number of benzene rings is 1. The maximum Gasteiger partial charge on any atom is 0.254 e. The van der Waals surface area contributed by atoms with Crippen molar-refractivity contribution < 1.29 is 14.3 Å². The van der Waals surface area contributed by atoms with E-state index in [2.05, 4.69) is 5.32 Å². The van der Waals surface area contributed by atoms with Crippen LogP contribution in [0.2, 0.25) is 0 Å². The van der Waals surface area contributed by atoms with Crippen molar-refractivity contribution in [2.75, 3.05) is 12.4 Å². The molecule has 0 radical (unpaired) electrons. The van der Waals surface area contributed by atoms with Gasteiger partial charge < -0.3 is 10.4 Å². The third-order valence-electron chi connectivity index (χ3n) is 2.29. The number of aromatic hydroxyl groups is 1. The van der Waals surface area contributed by atoms with Crippen LogP contribution in [0.25, 0.3) is 0 Å². The zero-order chi connectivity index (χ0) is 13.1. The van der Waals surface area contributed by atoms with E-state index in [0.29, 0.717) is 12.4 Å². The molecule has 1 aromatic carbocycles. The fourth-order valence-corrected chi connectivity index (χ4v) is 1.24. The highest BCUT2D eigenvalue weighted by Crippen LogP contribution is 2.17. The minimum atomic E-state index is -0.744. The van der Waals surface area contributed by atoms with E-state index in [4.69, 9.17) is 16.7 Å². The first-order valence-electron chi connectivity index (χ1n) is 5.18. The van der Waals surface area contributed by atoms with Crippen molar-refractivity contribution in [1.29, 1.82) is 0 Å². The van der Waals surface area contributed by atoms with Gasteiger partial charge in [0, 0.05) is 18.5 Å². The molecule has 0 aliphatic heterocycles. The lowest BCUT2D eigenvalue weighted by atomic mass is 9.96. The van der Waals surface area contributed by atoms with Gasteiger partial charge in [0.1, 0.15) is 11.6 Å². The zero-order valence-corrected chi connectivity index (χ0v) is 10.5. The number of carbonyl (C=O) groups excluding carboxylic acids is 1. The highest BCUT2D eigenvalue weighted by molar-refractivity contribution is 6.18. The highest BCUT2D eigenvalue weighted by atomic mass is 35.5. The van der Waals surface area contributed by atoms with E-state index in [-0.39, 0.29) is 16.7 Å². The van der Waals surface area contributed by atoms with Crippen LogP contribution in [-0.2, 0) is 0 Å².